The number of H-pyrrole nitrogens is 1. The van der Waals surface area contributed by atoms with Gasteiger partial charge < -0.3 is 30.4 Å². The van der Waals surface area contributed by atoms with Gasteiger partial charge in [-0.2, -0.15) is 13.2 Å². The Kier molecular flexibility index (Phi) is 7.99. The number of alkyl halides is 3. The third-order valence-corrected chi connectivity index (χ3v) is 8.13. The van der Waals surface area contributed by atoms with Gasteiger partial charge in [0, 0.05) is 56.8 Å². The number of amides is 2. The molecule has 4 heterocycles. The van der Waals surface area contributed by atoms with Crippen molar-refractivity contribution in [3.05, 3.63) is 82.7 Å². The molecule has 9 nitrogen and oxygen atoms in total. The second-order valence-corrected chi connectivity index (χ2v) is 10.9. The molecule has 2 aliphatic heterocycles. The molecule has 12 heteroatoms. The lowest BCUT2D eigenvalue weighted by atomic mass is 9.93. The Hall–Kier alpha value is -4.13. The average molecular weight is 595 g/mol. The molecule has 0 spiro atoms. The molecule has 6 rings (SSSR count). The summed E-state index contributed by atoms with van der Waals surface area (Å²) in [7, 11) is 0. The number of hydrogen-bond donors (Lipinski definition) is 4. The zero-order chi connectivity index (χ0) is 30.1. The van der Waals surface area contributed by atoms with Crippen LogP contribution in [-0.2, 0) is 25.7 Å². The number of aromatic nitrogens is 2. The molecular formula is C31H33F3N6O3. The van der Waals surface area contributed by atoms with Crippen LogP contribution in [0.15, 0.2) is 54.7 Å². The summed E-state index contributed by atoms with van der Waals surface area (Å²) in [6.07, 6.45) is -2.33. The fraction of sp³-hybridized carbons (Fsp3) is 0.355. The number of urea groups is 1. The van der Waals surface area contributed by atoms with Crippen LogP contribution >= 0.6 is 0 Å². The number of aliphatic hydroxyl groups is 1. The number of anilines is 1. The molecule has 1 atom stereocenters. The van der Waals surface area contributed by atoms with Crippen molar-refractivity contribution in [2.24, 2.45) is 0 Å². The first-order valence-corrected chi connectivity index (χ1v) is 14.3. The lowest BCUT2D eigenvalue weighted by Crippen LogP contribution is -2.43. The first-order chi connectivity index (χ1) is 20.7. The molecule has 43 heavy (non-hydrogen) atoms. The zero-order valence-corrected chi connectivity index (χ0v) is 23.7. The Balaban J connectivity index is 1.18. The Morgan fingerprint density at radius 1 is 1.12 bits per heavy atom. The van der Waals surface area contributed by atoms with Gasteiger partial charge in [0.1, 0.15) is 17.1 Å². The second-order valence-electron chi connectivity index (χ2n) is 10.9. The maximum atomic E-state index is 14.0. The summed E-state index contributed by atoms with van der Waals surface area (Å²) in [5.41, 5.74) is 2.76. The average Bonchev–Trinajstić information content (AvgIpc) is 3.43. The Labute approximate surface area is 246 Å². The predicted molar refractivity (Wildman–Crippen MR) is 156 cm³/mol. The summed E-state index contributed by atoms with van der Waals surface area (Å²) < 4.78 is 48.3. The van der Waals surface area contributed by atoms with Crippen molar-refractivity contribution in [1.82, 2.24) is 25.1 Å². The van der Waals surface area contributed by atoms with Gasteiger partial charge in [0.15, 0.2) is 0 Å². The molecule has 0 unspecified atom stereocenters. The summed E-state index contributed by atoms with van der Waals surface area (Å²) in [6, 6.07) is 12.5. The molecule has 2 aromatic heterocycles. The smallest absolute Gasteiger partial charge is 0.416 e. The number of halogens is 3. The fourth-order valence-corrected chi connectivity index (χ4v) is 5.85. The number of ether oxygens (including phenoxy) is 1. The number of nitrogens with zero attached hydrogens (tertiary/aromatic N) is 3. The maximum Gasteiger partial charge on any atom is 0.416 e. The quantitative estimate of drug-likeness (QED) is 0.238. The number of benzene rings is 2. The highest BCUT2D eigenvalue weighted by Crippen LogP contribution is 2.37. The zero-order valence-electron chi connectivity index (χ0n) is 23.7. The minimum atomic E-state index is -4.54. The van der Waals surface area contributed by atoms with Crippen molar-refractivity contribution in [1.29, 1.82) is 0 Å². The van der Waals surface area contributed by atoms with E-state index in [1.165, 1.54) is 12.1 Å². The molecule has 4 N–H and O–H groups in total. The lowest BCUT2D eigenvalue weighted by Gasteiger charge is -2.35. The predicted octanol–water partition coefficient (Wildman–Crippen LogP) is 5.42. The van der Waals surface area contributed by atoms with Crippen LogP contribution < -0.4 is 15.4 Å². The second kappa shape index (κ2) is 11.9. The number of carbonyl (C=O) groups excluding carboxylic acids is 1. The monoisotopic (exact) mass is 594 g/mol. The molecule has 0 aliphatic carbocycles. The third kappa shape index (κ3) is 6.17. The summed E-state index contributed by atoms with van der Waals surface area (Å²) in [6.45, 7) is 5.21. The molecule has 0 radical (unpaired) electrons. The van der Waals surface area contributed by atoms with E-state index in [0.717, 1.165) is 35.7 Å². The molecule has 226 valence electrons. The Morgan fingerprint density at radius 2 is 1.93 bits per heavy atom. The van der Waals surface area contributed by atoms with E-state index in [1.54, 1.807) is 23.2 Å². The first-order valence-electron chi connectivity index (χ1n) is 14.3. The van der Waals surface area contributed by atoms with Gasteiger partial charge >= 0.3 is 12.2 Å². The van der Waals surface area contributed by atoms with Gasteiger partial charge in [-0.05, 0) is 66.4 Å². The Morgan fingerprint density at radius 3 is 2.70 bits per heavy atom. The van der Waals surface area contributed by atoms with Crippen molar-refractivity contribution in [2.45, 2.75) is 38.7 Å². The van der Waals surface area contributed by atoms with E-state index in [1.807, 2.05) is 30.0 Å². The summed E-state index contributed by atoms with van der Waals surface area (Å²) in [4.78, 5) is 24.3. The van der Waals surface area contributed by atoms with Crippen molar-refractivity contribution in [2.75, 3.05) is 38.0 Å². The molecular weight excluding hydrogens is 561 g/mol. The van der Waals surface area contributed by atoms with E-state index in [4.69, 9.17) is 4.74 Å². The summed E-state index contributed by atoms with van der Waals surface area (Å²) >= 11 is 0. The number of nitrogens with one attached hydrogen (secondary N) is 3. The van der Waals surface area contributed by atoms with Crippen LogP contribution in [0, 0.1) is 0 Å². The minimum Gasteiger partial charge on any atom is -0.457 e. The van der Waals surface area contributed by atoms with Gasteiger partial charge in [0.2, 0.25) is 0 Å². The van der Waals surface area contributed by atoms with E-state index >= 15 is 0 Å². The minimum absolute atomic E-state index is 0.104. The highest BCUT2D eigenvalue weighted by atomic mass is 19.4. The number of rotatable bonds is 6. The molecule has 0 bridgehead atoms. The van der Waals surface area contributed by atoms with Crippen LogP contribution in [0.4, 0.5) is 23.7 Å². The van der Waals surface area contributed by atoms with Crippen molar-refractivity contribution in [3.63, 3.8) is 0 Å². The van der Waals surface area contributed by atoms with Crippen molar-refractivity contribution >= 4 is 22.8 Å². The van der Waals surface area contributed by atoms with Crippen LogP contribution in [0.5, 0.6) is 11.5 Å². The molecule has 2 amide bonds. The van der Waals surface area contributed by atoms with Gasteiger partial charge in [0.25, 0.3) is 0 Å². The summed E-state index contributed by atoms with van der Waals surface area (Å²) in [5.74, 6) is 1.14. The van der Waals surface area contributed by atoms with E-state index in [9.17, 15) is 23.1 Å². The molecule has 2 aliphatic rings. The van der Waals surface area contributed by atoms with Gasteiger partial charge in [-0.25, -0.2) is 9.78 Å². The van der Waals surface area contributed by atoms with E-state index < -0.39 is 17.8 Å². The van der Waals surface area contributed by atoms with Gasteiger partial charge in [-0.3, -0.25) is 4.90 Å². The molecule has 2 aromatic carbocycles. The number of carbonyl (C=O) groups is 1. The number of fused-ring (bicyclic) bond motifs is 2. The van der Waals surface area contributed by atoms with Crippen molar-refractivity contribution in [3.8, 4) is 11.5 Å². The summed E-state index contributed by atoms with van der Waals surface area (Å²) in [5, 5.41) is 16.1. The van der Waals surface area contributed by atoms with Crippen LogP contribution in [0.1, 0.15) is 40.9 Å². The first kappa shape index (κ1) is 29.0. The van der Waals surface area contributed by atoms with Crippen molar-refractivity contribution < 1.29 is 27.8 Å². The van der Waals surface area contributed by atoms with Crippen LogP contribution in [0.3, 0.4) is 0 Å². The number of aromatic amines is 1. The van der Waals surface area contributed by atoms with Gasteiger partial charge in [-0.15, -0.1) is 0 Å². The van der Waals surface area contributed by atoms with Crippen LogP contribution in [0.2, 0.25) is 0 Å². The number of hydrogen-bond acceptors (Lipinski definition) is 6. The molecule has 1 fully saturated rings. The fourth-order valence-electron chi connectivity index (χ4n) is 5.85. The maximum absolute atomic E-state index is 14.0. The van der Waals surface area contributed by atoms with Gasteiger partial charge in [-0.1, -0.05) is 12.1 Å². The number of piperazine rings is 1. The van der Waals surface area contributed by atoms with E-state index in [0.29, 0.717) is 48.9 Å². The largest absolute Gasteiger partial charge is 0.457 e. The topological polar surface area (TPSA) is 106 Å². The lowest BCUT2D eigenvalue weighted by molar-refractivity contribution is -0.138. The van der Waals surface area contributed by atoms with E-state index in [-0.39, 0.29) is 30.4 Å². The molecule has 1 saturated heterocycles. The SMILES string of the molecule is C[C@H]1c2cc(Oc3ccnc4[nH]c(CO)cc34)ccc2CCN1C(=O)Nc1ccc(CN2CCNCC2)c(C(F)(F)F)c1. The number of pyridine rings is 1. The van der Waals surface area contributed by atoms with Crippen LogP contribution in [0.25, 0.3) is 11.0 Å². The Bertz CT molecular complexity index is 1630. The van der Waals surface area contributed by atoms with Crippen LogP contribution in [-0.4, -0.2) is 63.6 Å². The van der Waals surface area contributed by atoms with Gasteiger partial charge in [0.05, 0.1) is 23.6 Å². The standard InChI is InChI=1S/C31H33F3N6O3/c1-19-25-16-24(43-28-6-8-36-29-26(28)14-23(18-41)37-29)5-3-20(25)7-11-40(19)30(42)38-22-4-2-21(27(15-22)31(32,33)34)17-39-12-9-35-10-13-39/h2-6,8,14-16,19,35,41H,7,9-13,17-18H2,1H3,(H,36,37)(H,38,42)/t19-/m0/s1. The highest BCUT2D eigenvalue weighted by Gasteiger charge is 2.35. The third-order valence-electron chi connectivity index (χ3n) is 8.13. The highest BCUT2D eigenvalue weighted by molar-refractivity contribution is 5.90. The molecule has 0 saturated carbocycles. The normalized spacial score (nSPS) is 17.6. The van der Waals surface area contributed by atoms with E-state index in [2.05, 4.69) is 20.6 Å². The molecule has 4 aromatic rings. The number of aliphatic hydroxyl groups excluding tert-OH is 1.